The van der Waals surface area contributed by atoms with Crippen molar-refractivity contribution in [1.82, 2.24) is 5.32 Å². The number of rotatable bonds is 6. The standard InChI is InChI=1S/C16H23BrN2O3S/c1-11-9-12(17)5-6-13(11)19-14(20)10-23-8-7-18-15(21)22-16(2,3)4/h5-6,9H,7-8,10H2,1-4H3,(H,18,21)(H,19,20). The van der Waals surface area contributed by atoms with E-state index in [0.717, 1.165) is 15.7 Å². The molecule has 0 aliphatic carbocycles. The van der Waals surface area contributed by atoms with Crippen LogP contribution in [0.4, 0.5) is 10.5 Å². The van der Waals surface area contributed by atoms with E-state index in [0.29, 0.717) is 18.1 Å². The summed E-state index contributed by atoms with van der Waals surface area (Å²) in [6.07, 6.45) is -0.437. The topological polar surface area (TPSA) is 67.4 Å². The number of anilines is 1. The van der Waals surface area contributed by atoms with Crippen LogP contribution in [0.3, 0.4) is 0 Å². The quantitative estimate of drug-likeness (QED) is 0.706. The van der Waals surface area contributed by atoms with E-state index >= 15 is 0 Å². The first-order valence-electron chi connectivity index (χ1n) is 7.28. The molecular formula is C16H23BrN2O3S. The highest BCUT2D eigenvalue weighted by atomic mass is 79.9. The molecule has 0 unspecified atom stereocenters. The molecule has 0 fully saturated rings. The molecule has 1 rings (SSSR count). The molecule has 5 nitrogen and oxygen atoms in total. The van der Waals surface area contributed by atoms with Gasteiger partial charge in [0.15, 0.2) is 0 Å². The van der Waals surface area contributed by atoms with Crippen molar-refractivity contribution < 1.29 is 14.3 Å². The van der Waals surface area contributed by atoms with E-state index in [9.17, 15) is 9.59 Å². The van der Waals surface area contributed by atoms with Crippen LogP contribution >= 0.6 is 27.7 Å². The van der Waals surface area contributed by atoms with Crippen LogP contribution in [0, 0.1) is 6.92 Å². The summed E-state index contributed by atoms with van der Waals surface area (Å²) in [6, 6.07) is 5.71. The molecule has 0 aliphatic heterocycles. The molecule has 0 spiro atoms. The fourth-order valence-corrected chi connectivity index (χ4v) is 2.78. The monoisotopic (exact) mass is 402 g/mol. The Morgan fingerprint density at radius 3 is 2.61 bits per heavy atom. The van der Waals surface area contributed by atoms with E-state index in [1.807, 2.05) is 45.9 Å². The van der Waals surface area contributed by atoms with Crippen molar-refractivity contribution in [2.24, 2.45) is 0 Å². The molecule has 0 bridgehead atoms. The fraction of sp³-hybridized carbons (Fsp3) is 0.500. The molecule has 7 heteroatoms. The van der Waals surface area contributed by atoms with Crippen LogP contribution in [0.25, 0.3) is 0 Å². The summed E-state index contributed by atoms with van der Waals surface area (Å²) in [7, 11) is 0. The molecule has 128 valence electrons. The Bertz CT molecular complexity index is 559. The largest absolute Gasteiger partial charge is 0.444 e. The SMILES string of the molecule is Cc1cc(Br)ccc1NC(=O)CSCCNC(=O)OC(C)(C)C. The van der Waals surface area contributed by atoms with E-state index in [1.165, 1.54) is 11.8 Å². The van der Waals surface area contributed by atoms with Gasteiger partial charge in [-0.15, -0.1) is 0 Å². The van der Waals surface area contributed by atoms with Crippen molar-refractivity contribution in [3.05, 3.63) is 28.2 Å². The number of amides is 2. The zero-order chi connectivity index (χ0) is 17.5. The Hall–Kier alpha value is -1.21. The summed E-state index contributed by atoms with van der Waals surface area (Å²) in [6.45, 7) is 7.85. The first-order chi connectivity index (χ1) is 10.7. The number of aryl methyl sites for hydroxylation is 1. The molecule has 23 heavy (non-hydrogen) atoms. The summed E-state index contributed by atoms with van der Waals surface area (Å²) in [5.41, 5.74) is 1.31. The number of thioether (sulfide) groups is 1. The number of alkyl carbamates (subject to hydrolysis) is 1. The molecule has 0 aliphatic rings. The molecule has 1 aromatic carbocycles. The third kappa shape index (κ3) is 8.86. The average Bonchev–Trinajstić information content (AvgIpc) is 2.39. The molecule has 0 heterocycles. The van der Waals surface area contributed by atoms with Gasteiger partial charge in [0, 0.05) is 22.5 Å². The summed E-state index contributed by atoms with van der Waals surface area (Å²) in [4.78, 5) is 23.3. The molecule has 0 atom stereocenters. The van der Waals surface area contributed by atoms with Crippen molar-refractivity contribution in [2.45, 2.75) is 33.3 Å². The van der Waals surface area contributed by atoms with Gasteiger partial charge in [0.05, 0.1) is 5.75 Å². The first kappa shape index (κ1) is 19.8. The van der Waals surface area contributed by atoms with Gasteiger partial charge in [0.1, 0.15) is 5.60 Å². The van der Waals surface area contributed by atoms with Gasteiger partial charge in [0.2, 0.25) is 5.91 Å². The van der Waals surface area contributed by atoms with Gasteiger partial charge in [-0.2, -0.15) is 11.8 Å². The highest BCUT2D eigenvalue weighted by Crippen LogP contribution is 2.20. The summed E-state index contributed by atoms with van der Waals surface area (Å²) in [5, 5.41) is 5.53. The highest BCUT2D eigenvalue weighted by molar-refractivity contribution is 9.10. The number of hydrogen-bond acceptors (Lipinski definition) is 4. The molecule has 0 aromatic heterocycles. The predicted molar refractivity (Wildman–Crippen MR) is 99.1 cm³/mol. The van der Waals surface area contributed by atoms with Gasteiger partial charge in [-0.05, 0) is 51.5 Å². The number of nitrogens with one attached hydrogen (secondary N) is 2. The molecule has 2 amide bonds. The predicted octanol–water partition coefficient (Wildman–Crippen LogP) is 3.95. The summed E-state index contributed by atoms with van der Waals surface area (Å²) < 4.78 is 6.11. The second-order valence-corrected chi connectivity index (χ2v) is 8.01. The molecule has 0 saturated carbocycles. The lowest BCUT2D eigenvalue weighted by molar-refractivity contribution is -0.113. The third-order valence-corrected chi connectivity index (χ3v) is 4.06. The number of halogens is 1. The lowest BCUT2D eigenvalue weighted by Crippen LogP contribution is -2.33. The van der Waals surface area contributed by atoms with Crippen molar-refractivity contribution in [2.75, 3.05) is 23.4 Å². The second-order valence-electron chi connectivity index (χ2n) is 5.99. The Kier molecular flexibility index (Phi) is 7.91. The van der Waals surface area contributed by atoms with E-state index in [4.69, 9.17) is 4.74 Å². The maximum Gasteiger partial charge on any atom is 0.407 e. The number of ether oxygens (including phenoxy) is 1. The van der Waals surface area contributed by atoms with Gasteiger partial charge < -0.3 is 15.4 Å². The average molecular weight is 403 g/mol. The smallest absolute Gasteiger partial charge is 0.407 e. The third-order valence-electron chi connectivity index (χ3n) is 2.61. The molecular weight excluding hydrogens is 380 g/mol. The number of benzene rings is 1. The maximum absolute atomic E-state index is 11.9. The molecule has 0 saturated heterocycles. The Labute approximate surface area is 150 Å². The minimum atomic E-state index is -0.500. The minimum Gasteiger partial charge on any atom is -0.444 e. The van der Waals surface area contributed by atoms with Crippen LogP contribution in [-0.4, -0.2) is 35.7 Å². The molecule has 2 N–H and O–H groups in total. The van der Waals surface area contributed by atoms with E-state index < -0.39 is 11.7 Å². The van der Waals surface area contributed by atoms with Crippen molar-refractivity contribution in [3.63, 3.8) is 0 Å². The van der Waals surface area contributed by atoms with Crippen LogP contribution in [0.15, 0.2) is 22.7 Å². The van der Waals surface area contributed by atoms with Gasteiger partial charge in [-0.25, -0.2) is 4.79 Å². The fourth-order valence-electron chi connectivity index (χ4n) is 1.66. The number of carbonyl (C=O) groups is 2. The van der Waals surface area contributed by atoms with Gasteiger partial charge >= 0.3 is 6.09 Å². The van der Waals surface area contributed by atoms with E-state index in [1.54, 1.807) is 0 Å². The van der Waals surface area contributed by atoms with Crippen LogP contribution in [0.2, 0.25) is 0 Å². The summed E-state index contributed by atoms with van der Waals surface area (Å²) in [5.74, 6) is 0.926. The second kappa shape index (κ2) is 9.17. The Morgan fingerprint density at radius 2 is 2.00 bits per heavy atom. The lowest BCUT2D eigenvalue weighted by Gasteiger charge is -2.19. The Morgan fingerprint density at radius 1 is 1.30 bits per heavy atom. The molecule has 0 radical (unpaired) electrons. The molecule has 1 aromatic rings. The lowest BCUT2D eigenvalue weighted by atomic mass is 10.2. The number of hydrogen-bond donors (Lipinski definition) is 2. The summed E-state index contributed by atoms with van der Waals surface area (Å²) >= 11 is 4.85. The number of carbonyl (C=O) groups excluding carboxylic acids is 2. The highest BCUT2D eigenvalue weighted by Gasteiger charge is 2.15. The van der Waals surface area contributed by atoms with Crippen molar-refractivity contribution in [3.8, 4) is 0 Å². The van der Waals surface area contributed by atoms with Crippen LogP contribution < -0.4 is 10.6 Å². The van der Waals surface area contributed by atoms with Crippen molar-refractivity contribution in [1.29, 1.82) is 0 Å². The van der Waals surface area contributed by atoms with Crippen LogP contribution in [0.1, 0.15) is 26.3 Å². The minimum absolute atomic E-state index is 0.0577. The van der Waals surface area contributed by atoms with E-state index in [2.05, 4.69) is 26.6 Å². The maximum atomic E-state index is 11.9. The van der Waals surface area contributed by atoms with Gasteiger partial charge in [0.25, 0.3) is 0 Å². The zero-order valence-electron chi connectivity index (χ0n) is 13.9. The van der Waals surface area contributed by atoms with Crippen molar-refractivity contribution >= 4 is 45.4 Å². The van der Waals surface area contributed by atoms with Crippen LogP contribution in [0.5, 0.6) is 0 Å². The first-order valence-corrected chi connectivity index (χ1v) is 9.23. The normalized spacial score (nSPS) is 11.0. The Balaban J connectivity index is 2.21. The zero-order valence-corrected chi connectivity index (χ0v) is 16.3. The van der Waals surface area contributed by atoms with E-state index in [-0.39, 0.29) is 5.91 Å². The van der Waals surface area contributed by atoms with Gasteiger partial charge in [-0.1, -0.05) is 15.9 Å². The van der Waals surface area contributed by atoms with Gasteiger partial charge in [-0.3, -0.25) is 4.79 Å². The van der Waals surface area contributed by atoms with Crippen LogP contribution in [-0.2, 0) is 9.53 Å².